The molecular formula is C12H18N2O4S. The van der Waals surface area contributed by atoms with E-state index in [1.807, 2.05) is 0 Å². The van der Waals surface area contributed by atoms with E-state index in [2.05, 4.69) is 10.6 Å². The number of nitrogens with one attached hydrogen (secondary N) is 2. The van der Waals surface area contributed by atoms with Gasteiger partial charge in [-0.2, -0.15) is 0 Å². The quantitative estimate of drug-likeness (QED) is 0.557. The minimum atomic E-state index is -0.239. The maximum Gasteiger partial charge on any atom is 0.261 e. The van der Waals surface area contributed by atoms with Crippen LogP contribution in [0.2, 0.25) is 0 Å². The third kappa shape index (κ3) is 6.90. The molecule has 0 aliphatic rings. The highest BCUT2D eigenvalue weighted by molar-refractivity contribution is 7.12. The summed E-state index contributed by atoms with van der Waals surface area (Å²) in [6.45, 7) is 1.25. The van der Waals surface area contributed by atoms with Crippen LogP contribution in [0.15, 0.2) is 17.5 Å². The van der Waals surface area contributed by atoms with Crippen molar-refractivity contribution in [3.8, 4) is 0 Å². The Morgan fingerprint density at radius 3 is 2.84 bits per heavy atom. The molecule has 1 rings (SSSR count). The molecule has 6 nitrogen and oxygen atoms in total. The molecule has 2 amide bonds. The molecule has 3 N–H and O–H groups in total. The van der Waals surface area contributed by atoms with E-state index in [0.717, 1.165) is 0 Å². The Bertz CT molecular complexity index is 381. The largest absolute Gasteiger partial charge is 0.394 e. The van der Waals surface area contributed by atoms with Gasteiger partial charge in [-0.1, -0.05) is 6.07 Å². The van der Waals surface area contributed by atoms with Crippen molar-refractivity contribution in [2.24, 2.45) is 0 Å². The minimum absolute atomic E-state index is 0.00110. The van der Waals surface area contributed by atoms with E-state index in [1.165, 1.54) is 11.3 Å². The van der Waals surface area contributed by atoms with Crippen LogP contribution in [0.25, 0.3) is 0 Å². The molecule has 1 aromatic heterocycles. The van der Waals surface area contributed by atoms with E-state index < -0.39 is 0 Å². The van der Waals surface area contributed by atoms with Crippen molar-refractivity contribution in [2.45, 2.75) is 6.42 Å². The van der Waals surface area contributed by atoms with Gasteiger partial charge in [0.15, 0.2) is 0 Å². The minimum Gasteiger partial charge on any atom is -0.394 e. The van der Waals surface area contributed by atoms with Crippen LogP contribution in [-0.2, 0) is 9.53 Å². The van der Waals surface area contributed by atoms with Crippen molar-refractivity contribution in [1.29, 1.82) is 0 Å². The molecule has 0 spiro atoms. The second-order valence-corrected chi connectivity index (χ2v) is 4.65. The van der Waals surface area contributed by atoms with Gasteiger partial charge in [0.1, 0.15) is 0 Å². The summed E-state index contributed by atoms with van der Waals surface area (Å²) < 4.78 is 5.04. The Balaban J connectivity index is 2.03. The number of carbonyl (C=O) groups excluding carboxylic acids is 2. The Kier molecular flexibility index (Phi) is 7.80. The molecule has 7 heteroatoms. The first-order valence-corrected chi connectivity index (χ1v) is 6.89. The lowest BCUT2D eigenvalue weighted by Gasteiger charge is -2.06. The van der Waals surface area contributed by atoms with Gasteiger partial charge in [0.25, 0.3) is 5.91 Å². The van der Waals surface area contributed by atoms with Crippen molar-refractivity contribution >= 4 is 23.2 Å². The van der Waals surface area contributed by atoms with Crippen molar-refractivity contribution in [1.82, 2.24) is 10.6 Å². The topological polar surface area (TPSA) is 87.7 Å². The van der Waals surface area contributed by atoms with Crippen LogP contribution < -0.4 is 10.6 Å². The van der Waals surface area contributed by atoms with Gasteiger partial charge in [-0.15, -0.1) is 11.3 Å². The molecule has 0 aliphatic heterocycles. The van der Waals surface area contributed by atoms with Crippen LogP contribution in [0.1, 0.15) is 16.1 Å². The fraction of sp³-hybridized carbons (Fsp3) is 0.500. The highest BCUT2D eigenvalue weighted by atomic mass is 32.1. The molecule has 106 valence electrons. The lowest BCUT2D eigenvalue weighted by Crippen LogP contribution is -2.37. The van der Waals surface area contributed by atoms with Gasteiger partial charge in [-0.3, -0.25) is 9.59 Å². The Morgan fingerprint density at radius 1 is 1.32 bits per heavy atom. The van der Waals surface area contributed by atoms with E-state index >= 15 is 0 Å². The first-order chi connectivity index (χ1) is 9.24. The lowest BCUT2D eigenvalue weighted by atomic mass is 10.4. The summed E-state index contributed by atoms with van der Waals surface area (Å²) in [6.07, 6.45) is 0.671. The van der Waals surface area contributed by atoms with Gasteiger partial charge in [0, 0.05) is 13.2 Å². The van der Waals surface area contributed by atoms with Gasteiger partial charge in [-0.25, -0.2) is 0 Å². The fourth-order valence-corrected chi connectivity index (χ4v) is 1.93. The standard InChI is InChI=1S/C12H18N2O4S/c15-5-7-18-6-2-4-13-11(16)9-14-12(17)10-3-1-8-19-10/h1,3,8,15H,2,4-7,9H2,(H,13,16)(H,14,17). The third-order valence-electron chi connectivity index (χ3n) is 2.18. The Labute approximate surface area is 115 Å². The molecule has 0 saturated carbocycles. The van der Waals surface area contributed by atoms with Crippen LogP contribution in [0, 0.1) is 0 Å². The van der Waals surface area contributed by atoms with Crippen molar-refractivity contribution in [3.63, 3.8) is 0 Å². The van der Waals surface area contributed by atoms with E-state index in [0.29, 0.717) is 31.1 Å². The zero-order valence-corrected chi connectivity index (χ0v) is 11.4. The zero-order valence-electron chi connectivity index (χ0n) is 10.6. The fourth-order valence-electron chi connectivity index (χ4n) is 1.29. The molecule has 0 atom stereocenters. The number of rotatable bonds is 9. The van der Waals surface area contributed by atoms with Crippen LogP contribution in [-0.4, -0.2) is 49.8 Å². The number of hydrogen-bond donors (Lipinski definition) is 3. The van der Waals surface area contributed by atoms with E-state index in [-0.39, 0.29) is 25.0 Å². The van der Waals surface area contributed by atoms with Gasteiger partial charge in [0.2, 0.25) is 5.91 Å². The summed E-state index contributed by atoms with van der Waals surface area (Å²) >= 11 is 1.33. The number of amides is 2. The number of ether oxygens (including phenoxy) is 1. The number of thiophene rings is 1. The maximum atomic E-state index is 11.5. The molecule has 0 saturated heterocycles. The maximum absolute atomic E-state index is 11.5. The zero-order chi connectivity index (χ0) is 13.9. The lowest BCUT2D eigenvalue weighted by molar-refractivity contribution is -0.120. The third-order valence-corrected chi connectivity index (χ3v) is 3.05. The first-order valence-electron chi connectivity index (χ1n) is 6.01. The van der Waals surface area contributed by atoms with Gasteiger partial charge < -0.3 is 20.5 Å². The molecule has 0 radical (unpaired) electrons. The Hall–Kier alpha value is -1.44. The van der Waals surface area contributed by atoms with Crippen molar-refractivity contribution < 1.29 is 19.4 Å². The smallest absolute Gasteiger partial charge is 0.261 e. The molecule has 0 aromatic carbocycles. The predicted octanol–water partition coefficient (Wildman–Crippen LogP) is -0.00690. The molecule has 0 aliphatic carbocycles. The number of carbonyl (C=O) groups is 2. The Morgan fingerprint density at radius 2 is 2.16 bits per heavy atom. The average Bonchev–Trinajstić information content (AvgIpc) is 2.94. The van der Waals surface area contributed by atoms with E-state index in [4.69, 9.17) is 9.84 Å². The number of aliphatic hydroxyl groups excluding tert-OH is 1. The molecule has 0 unspecified atom stereocenters. The SMILES string of the molecule is O=C(CNC(=O)c1cccs1)NCCCOCCO. The summed E-state index contributed by atoms with van der Waals surface area (Å²) in [4.78, 5) is 23.5. The van der Waals surface area contributed by atoms with Crippen LogP contribution in [0.4, 0.5) is 0 Å². The summed E-state index contributed by atoms with van der Waals surface area (Å²) in [7, 11) is 0. The average molecular weight is 286 g/mol. The summed E-state index contributed by atoms with van der Waals surface area (Å²) in [6, 6.07) is 3.49. The van der Waals surface area contributed by atoms with Crippen molar-refractivity contribution in [2.75, 3.05) is 32.9 Å². The number of hydrogen-bond acceptors (Lipinski definition) is 5. The second kappa shape index (κ2) is 9.48. The molecule has 0 bridgehead atoms. The van der Waals surface area contributed by atoms with Gasteiger partial charge in [-0.05, 0) is 17.9 Å². The summed E-state index contributed by atoms with van der Waals surface area (Å²) in [5.41, 5.74) is 0. The second-order valence-electron chi connectivity index (χ2n) is 3.70. The molecular weight excluding hydrogens is 268 g/mol. The molecule has 0 fully saturated rings. The van der Waals surface area contributed by atoms with Crippen LogP contribution >= 0.6 is 11.3 Å². The molecule has 1 aromatic rings. The molecule has 1 heterocycles. The first kappa shape index (κ1) is 15.6. The molecule has 19 heavy (non-hydrogen) atoms. The highest BCUT2D eigenvalue weighted by Crippen LogP contribution is 2.07. The van der Waals surface area contributed by atoms with Crippen LogP contribution in [0.3, 0.4) is 0 Å². The number of aliphatic hydroxyl groups is 1. The van der Waals surface area contributed by atoms with Crippen molar-refractivity contribution in [3.05, 3.63) is 22.4 Å². The monoisotopic (exact) mass is 286 g/mol. The summed E-state index contributed by atoms with van der Waals surface area (Å²) in [5.74, 6) is -0.469. The highest BCUT2D eigenvalue weighted by Gasteiger charge is 2.07. The summed E-state index contributed by atoms with van der Waals surface area (Å²) in [5, 5.41) is 15.5. The normalized spacial score (nSPS) is 10.2. The predicted molar refractivity (Wildman–Crippen MR) is 72.2 cm³/mol. The van der Waals surface area contributed by atoms with Gasteiger partial charge in [0.05, 0.1) is 24.6 Å². The van der Waals surface area contributed by atoms with Crippen LogP contribution in [0.5, 0.6) is 0 Å². The van der Waals surface area contributed by atoms with E-state index in [9.17, 15) is 9.59 Å². The van der Waals surface area contributed by atoms with E-state index in [1.54, 1.807) is 17.5 Å². The van der Waals surface area contributed by atoms with Gasteiger partial charge >= 0.3 is 0 Å².